The number of allylic oxidation sites excluding steroid dienone is 2. The van der Waals surface area contributed by atoms with Crippen LogP contribution in [0.4, 0.5) is 18.9 Å². The fraction of sp³-hybridized carbons (Fsp3) is 0.429. The number of benzodiazepines with no additional fused rings is 1. The topological polar surface area (TPSA) is 88.1 Å². The predicted octanol–water partition coefficient (Wildman–Crippen LogP) is 7.10. The monoisotopic (exact) mass is 625 g/mol. The number of nitrogens with one attached hydrogen (secondary N) is 1. The molecule has 0 aromatic heterocycles. The van der Waals surface area contributed by atoms with E-state index in [9.17, 15) is 27.6 Å². The normalized spacial score (nSPS) is 16.3. The van der Waals surface area contributed by atoms with Crippen LogP contribution >= 0.6 is 0 Å². The zero-order valence-electron chi connectivity index (χ0n) is 26.7. The maximum absolute atomic E-state index is 14.3. The lowest BCUT2D eigenvalue weighted by Crippen LogP contribution is -2.53. The number of anilines is 1. The molecule has 1 unspecified atom stereocenters. The lowest BCUT2D eigenvalue weighted by molar-refractivity contribution is -0.174. The van der Waals surface area contributed by atoms with Crippen molar-refractivity contribution in [2.24, 2.45) is 22.2 Å². The fourth-order valence-corrected chi connectivity index (χ4v) is 5.63. The molecule has 0 bridgehead atoms. The van der Waals surface area contributed by atoms with Crippen molar-refractivity contribution in [3.8, 4) is 0 Å². The maximum atomic E-state index is 14.3. The third-order valence-electron chi connectivity index (χ3n) is 7.62. The standard InChI is InChI=1S/C35H42F3N3O4/c1-9-19-34(20-10-2,32(44)45-33(5,6)7)26(21-22(3)4)30(42)40-29-31(43)41(8)27-18-14-12-16-24(27)28(39-29)23-15-11-13-17-25(23)35(36,37)38/h9-18,22,26,29H,1-2,19-21H2,3-8H3,(H,40,42)/t26-,29?/m0/s1. The van der Waals surface area contributed by atoms with Gasteiger partial charge in [-0.05, 0) is 58.1 Å². The first kappa shape index (κ1) is 35.3. The number of likely N-dealkylation sites (N-methyl/N-ethyl adjacent to an activating group) is 1. The third-order valence-corrected chi connectivity index (χ3v) is 7.62. The van der Waals surface area contributed by atoms with Gasteiger partial charge in [0.1, 0.15) is 5.60 Å². The molecule has 7 nitrogen and oxygen atoms in total. The average Bonchev–Trinajstić information content (AvgIpc) is 3.05. The smallest absolute Gasteiger partial charge is 0.417 e. The van der Waals surface area contributed by atoms with E-state index in [-0.39, 0.29) is 36.5 Å². The highest BCUT2D eigenvalue weighted by atomic mass is 19.4. The molecule has 0 radical (unpaired) electrons. The summed E-state index contributed by atoms with van der Waals surface area (Å²) in [7, 11) is 1.47. The first-order chi connectivity index (χ1) is 21.0. The number of carbonyl (C=O) groups is 3. The Morgan fingerprint density at radius 2 is 1.56 bits per heavy atom. The molecule has 10 heteroatoms. The number of fused-ring (bicyclic) bond motifs is 1. The maximum Gasteiger partial charge on any atom is 0.417 e. The van der Waals surface area contributed by atoms with Crippen molar-refractivity contribution in [1.82, 2.24) is 5.32 Å². The summed E-state index contributed by atoms with van der Waals surface area (Å²) in [6.45, 7) is 16.6. The Morgan fingerprint density at radius 1 is 1.00 bits per heavy atom. The van der Waals surface area contributed by atoms with Crippen molar-refractivity contribution in [3.63, 3.8) is 0 Å². The zero-order valence-corrected chi connectivity index (χ0v) is 26.7. The summed E-state index contributed by atoms with van der Waals surface area (Å²) in [4.78, 5) is 47.8. The number of hydrogen-bond acceptors (Lipinski definition) is 5. The van der Waals surface area contributed by atoms with Gasteiger partial charge < -0.3 is 15.0 Å². The number of nitrogens with zero attached hydrogens (tertiary/aromatic N) is 2. The number of ether oxygens (including phenoxy) is 1. The summed E-state index contributed by atoms with van der Waals surface area (Å²) < 4.78 is 48.3. The van der Waals surface area contributed by atoms with E-state index in [1.165, 1.54) is 30.1 Å². The second kappa shape index (κ2) is 13.8. The summed E-state index contributed by atoms with van der Waals surface area (Å²) in [6, 6.07) is 11.5. The Balaban J connectivity index is 2.22. The Morgan fingerprint density at radius 3 is 2.09 bits per heavy atom. The van der Waals surface area contributed by atoms with Crippen molar-refractivity contribution in [1.29, 1.82) is 0 Å². The van der Waals surface area contributed by atoms with Gasteiger partial charge in [0.2, 0.25) is 12.1 Å². The lowest BCUT2D eigenvalue weighted by atomic mass is 9.67. The summed E-state index contributed by atoms with van der Waals surface area (Å²) in [5, 5.41) is 2.70. The SMILES string of the molecule is C=CCC(CC=C)(C(=O)OC(C)(C)C)[C@@H](CC(C)C)C(=O)NC1N=C(c2ccccc2C(F)(F)F)c2ccccc2N(C)C1=O. The summed E-state index contributed by atoms with van der Waals surface area (Å²) in [6.07, 6.45) is -2.83. The second-order valence-electron chi connectivity index (χ2n) is 12.7. The van der Waals surface area contributed by atoms with Gasteiger partial charge in [-0.25, -0.2) is 4.99 Å². The molecular formula is C35H42F3N3O4. The largest absolute Gasteiger partial charge is 0.460 e. The van der Waals surface area contributed by atoms with Crippen LogP contribution in [-0.4, -0.2) is 42.3 Å². The van der Waals surface area contributed by atoms with Crippen LogP contribution in [0.1, 0.15) is 70.6 Å². The van der Waals surface area contributed by atoms with E-state index in [1.54, 1.807) is 57.2 Å². The van der Waals surface area contributed by atoms with Gasteiger partial charge in [-0.15, -0.1) is 13.2 Å². The quantitative estimate of drug-likeness (QED) is 0.213. The molecule has 2 aromatic rings. The number of rotatable bonds is 11. The van der Waals surface area contributed by atoms with Crippen LogP contribution in [0.3, 0.4) is 0 Å². The van der Waals surface area contributed by atoms with Crippen LogP contribution in [-0.2, 0) is 25.3 Å². The summed E-state index contributed by atoms with van der Waals surface area (Å²) in [5.41, 5.74) is -2.92. The van der Waals surface area contributed by atoms with Crippen LogP contribution < -0.4 is 10.2 Å². The third kappa shape index (κ3) is 7.90. The minimum Gasteiger partial charge on any atom is -0.460 e. The summed E-state index contributed by atoms with van der Waals surface area (Å²) >= 11 is 0. The Kier molecular flexibility index (Phi) is 10.8. The fourth-order valence-electron chi connectivity index (χ4n) is 5.63. The molecule has 0 spiro atoms. The van der Waals surface area contributed by atoms with Gasteiger partial charge in [-0.1, -0.05) is 62.4 Å². The molecule has 2 atom stereocenters. The molecule has 0 aliphatic carbocycles. The summed E-state index contributed by atoms with van der Waals surface area (Å²) in [5.74, 6) is -3.02. The minimum atomic E-state index is -4.71. The lowest BCUT2D eigenvalue weighted by Gasteiger charge is -2.39. The predicted molar refractivity (Wildman–Crippen MR) is 170 cm³/mol. The molecule has 1 aliphatic rings. The first-order valence-corrected chi connectivity index (χ1v) is 14.8. The van der Waals surface area contributed by atoms with Gasteiger partial charge in [-0.2, -0.15) is 13.2 Å². The molecule has 0 saturated heterocycles. The molecule has 45 heavy (non-hydrogen) atoms. The molecule has 0 fully saturated rings. The van der Waals surface area contributed by atoms with Crippen LogP contribution in [0.2, 0.25) is 0 Å². The Labute approximate surface area is 263 Å². The number of para-hydroxylation sites is 1. The van der Waals surface area contributed by atoms with E-state index in [1.807, 2.05) is 13.8 Å². The highest BCUT2D eigenvalue weighted by molar-refractivity contribution is 6.20. The molecule has 1 heterocycles. The van der Waals surface area contributed by atoms with E-state index in [0.29, 0.717) is 11.3 Å². The van der Waals surface area contributed by atoms with Crippen LogP contribution in [0.25, 0.3) is 0 Å². The number of esters is 1. The van der Waals surface area contributed by atoms with E-state index in [0.717, 1.165) is 6.07 Å². The van der Waals surface area contributed by atoms with Gasteiger partial charge in [0, 0.05) is 18.2 Å². The molecule has 0 saturated carbocycles. The second-order valence-corrected chi connectivity index (χ2v) is 12.7. The Bertz CT molecular complexity index is 1460. The van der Waals surface area contributed by atoms with Crippen molar-refractivity contribution in [2.45, 2.75) is 71.8 Å². The van der Waals surface area contributed by atoms with Crippen molar-refractivity contribution in [2.75, 3.05) is 11.9 Å². The molecule has 1 aliphatic heterocycles. The van der Waals surface area contributed by atoms with Gasteiger partial charge in [0.15, 0.2) is 0 Å². The molecule has 3 rings (SSSR count). The van der Waals surface area contributed by atoms with Gasteiger partial charge >= 0.3 is 12.1 Å². The van der Waals surface area contributed by atoms with Gasteiger partial charge in [-0.3, -0.25) is 14.4 Å². The molecular weight excluding hydrogens is 583 g/mol. The number of benzene rings is 2. The minimum absolute atomic E-state index is 0.0633. The van der Waals surface area contributed by atoms with E-state index < -0.39 is 52.6 Å². The molecule has 2 amide bonds. The molecule has 1 N–H and O–H groups in total. The number of aliphatic imine (C=N–C) groups is 1. The van der Waals surface area contributed by atoms with Gasteiger partial charge in [0.05, 0.1) is 28.3 Å². The van der Waals surface area contributed by atoms with Gasteiger partial charge in [0.25, 0.3) is 5.91 Å². The number of alkyl halides is 3. The number of amides is 2. The van der Waals surface area contributed by atoms with Crippen LogP contribution in [0.5, 0.6) is 0 Å². The van der Waals surface area contributed by atoms with E-state index >= 15 is 0 Å². The highest BCUT2D eigenvalue weighted by Crippen LogP contribution is 2.43. The number of halogens is 3. The molecule has 242 valence electrons. The van der Waals surface area contributed by atoms with Crippen molar-refractivity contribution in [3.05, 3.63) is 90.5 Å². The molecule has 2 aromatic carbocycles. The van der Waals surface area contributed by atoms with E-state index in [4.69, 9.17) is 4.74 Å². The van der Waals surface area contributed by atoms with Crippen LogP contribution in [0.15, 0.2) is 78.8 Å². The highest BCUT2D eigenvalue weighted by Gasteiger charge is 2.50. The van der Waals surface area contributed by atoms with E-state index in [2.05, 4.69) is 23.5 Å². The number of carbonyl (C=O) groups excluding carboxylic acids is 3. The zero-order chi connectivity index (χ0) is 33.7. The van der Waals surface area contributed by atoms with Crippen molar-refractivity contribution >= 4 is 29.2 Å². The Hall–Kier alpha value is -4.21. The first-order valence-electron chi connectivity index (χ1n) is 14.8. The van der Waals surface area contributed by atoms with Crippen LogP contribution in [0, 0.1) is 17.3 Å². The number of hydrogen-bond donors (Lipinski definition) is 1. The average molecular weight is 626 g/mol. The van der Waals surface area contributed by atoms with Crippen molar-refractivity contribution < 1.29 is 32.3 Å².